The highest BCUT2D eigenvalue weighted by Crippen LogP contribution is 2.61. The predicted molar refractivity (Wildman–Crippen MR) is 111 cm³/mol. The van der Waals surface area contributed by atoms with Crippen molar-refractivity contribution in [1.29, 1.82) is 0 Å². The van der Waals surface area contributed by atoms with Gasteiger partial charge in [0.25, 0.3) is 15.9 Å². The molecule has 1 amide bonds. The largest absolute Gasteiger partial charge is 0.352 e. The second-order valence-corrected chi connectivity index (χ2v) is 11.5. The summed E-state index contributed by atoms with van der Waals surface area (Å²) < 4.78 is 25.8. The zero-order chi connectivity index (χ0) is 20.8. The highest BCUT2D eigenvalue weighted by atomic mass is 35.5. The Morgan fingerprint density at radius 3 is 2.34 bits per heavy atom. The fourth-order valence-corrected chi connectivity index (χ4v) is 7.69. The number of hydroxylamine groups is 1. The predicted octanol–water partition coefficient (Wildman–Crippen LogP) is 3.86. The molecule has 4 bridgehead atoms. The fraction of sp³-hybridized carbons (Fsp3) is 0.667. The molecular formula is C21H29ClN2O4S. The minimum atomic E-state index is -3.93. The van der Waals surface area contributed by atoms with Gasteiger partial charge in [0.2, 0.25) is 0 Å². The van der Waals surface area contributed by atoms with Gasteiger partial charge in [0.1, 0.15) is 4.90 Å². The number of carbonyl (C=O) groups is 1. The summed E-state index contributed by atoms with van der Waals surface area (Å²) in [5, 5.41) is 3.05. The lowest BCUT2D eigenvalue weighted by Crippen LogP contribution is -2.47. The zero-order valence-corrected chi connectivity index (χ0v) is 18.6. The Bertz CT molecular complexity index is 867. The first-order valence-corrected chi connectivity index (χ1v) is 12.1. The van der Waals surface area contributed by atoms with Gasteiger partial charge in [-0.15, -0.1) is 0 Å². The molecule has 0 spiro atoms. The first kappa shape index (κ1) is 21.1. The molecule has 8 heteroatoms. The van der Waals surface area contributed by atoms with Crippen LogP contribution in [-0.4, -0.2) is 39.5 Å². The normalized spacial score (nSPS) is 30.7. The Balaban J connectivity index is 1.41. The molecule has 4 aliphatic rings. The van der Waals surface area contributed by atoms with Crippen LogP contribution in [0.2, 0.25) is 5.02 Å². The molecule has 0 unspecified atom stereocenters. The topological polar surface area (TPSA) is 75.7 Å². The Kier molecular flexibility index (Phi) is 5.70. The molecule has 5 rings (SSSR count). The van der Waals surface area contributed by atoms with Crippen LogP contribution < -0.4 is 5.32 Å². The van der Waals surface area contributed by atoms with Gasteiger partial charge in [0, 0.05) is 19.2 Å². The average molecular weight is 441 g/mol. The molecule has 4 saturated carbocycles. The highest BCUT2D eigenvalue weighted by Gasteiger charge is 2.50. The van der Waals surface area contributed by atoms with Crippen LogP contribution in [0, 0.1) is 23.2 Å². The van der Waals surface area contributed by atoms with Gasteiger partial charge in [0.05, 0.1) is 12.1 Å². The van der Waals surface area contributed by atoms with E-state index in [1.807, 2.05) is 0 Å². The highest BCUT2D eigenvalue weighted by molar-refractivity contribution is 7.89. The van der Waals surface area contributed by atoms with E-state index < -0.39 is 10.0 Å². The summed E-state index contributed by atoms with van der Waals surface area (Å²) in [7, 11) is -1.39. The molecule has 29 heavy (non-hydrogen) atoms. The zero-order valence-electron chi connectivity index (χ0n) is 17.0. The fourth-order valence-electron chi connectivity index (χ4n) is 6.22. The smallest absolute Gasteiger partial charge is 0.266 e. The van der Waals surface area contributed by atoms with Gasteiger partial charge in [0.15, 0.2) is 0 Å². The van der Waals surface area contributed by atoms with Crippen LogP contribution in [0.4, 0.5) is 0 Å². The number of benzene rings is 1. The molecule has 1 aromatic carbocycles. The van der Waals surface area contributed by atoms with Gasteiger partial charge in [-0.25, -0.2) is 8.42 Å². The molecule has 6 nitrogen and oxygen atoms in total. The van der Waals surface area contributed by atoms with Crippen molar-refractivity contribution in [3.8, 4) is 0 Å². The lowest BCUT2D eigenvalue weighted by atomic mass is 9.49. The van der Waals surface area contributed by atoms with Crippen LogP contribution in [0.25, 0.3) is 0 Å². The maximum absolute atomic E-state index is 12.7. The summed E-state index contributed by atoms with van der Waals surface area (Å²) in [5.41, 5.74) is 0.681. The molecule has 4 aliphatic carbocycles. The maximum atomic E-state index is 12.7. The first-order valence-electron chi connectivity index (χ1n) is 10.3. The van der Waals surface area contributed by atoms with Crippen molar-refractivity contribution in [3.63, 3.8) is 0 Å². The molecule has 0 aromatic heterocycles. The second kappa shape index (κ2) is 7.84. The van der Waals surface area contributed by atoms with E-state index in [-0.39, 0.29) is 21.4 Å². The summed E-state index contributed by atoms with van der Waals surface area (Å²) in [6.45, 7) is 0.619. The average Bonchev–Trinajstić information content (AvgIpc) is 2.66. The third kappa shape index (κ3) is 4.07. The van der Waals surface area contributed by atoms with E-state index in [1.165, 1.54) is 64.8 Å². The van der Waals surface area contributed by atoms with E-state index in [1.54, 1.807) is 6.07 Å². The minimum absolute atomic E-state index is 0.0546. The van der Waals surface area contributed by atoms with E-state index in [0.717, 1.165) is 28.6 Å². The molecule has 4 fully saturated rings. The summed E-state index contributed by atoms with van der Waals surface area (Å²) in [5.74, 6) is 2.39. The molecule has 1 aromatic rings. The summed E-state index contributed by atoms with van der Waals surface area (Å²) in [6, 6.07) is 4.30. The van der Waals surface area contributed by atoms with Crippen LogP contribution in [0.1, 0.15) is 55.3 Å². The number of rotatable bonds is 7. The van der Waals surface area contributed by atoms with Crippen molar-refractivity contribution < 1.29 is 18.0 Å². The number of sulfonamides is 1. The van der Waals surface area contributed by atoms with Crippen molar-refractivity contribution in [2.45, 2.75) is 49.8 Å². The number of halogens is 1. The number of nitrogens with one attached hydrogen (secondary N) is 1. The second-order valence-electron chi connectivity index (χ2n) is 9.17. The van der Waals surface area contributed by atoms with Gasteiger partial charge in [-0.3, -0.25) is 9.63 Å². The van der Waals surface area contributed by atoms with E-state index in [0.29, 0.717) is 12.0 Å². The van der Waals surface area contributed by atoms with Gasteiger partial charge in [-0.1, -0.05) is 16.1 Å². The molecular weight excluding hydrogens is 412 g/mol. The Hall–Kier alpha value is -1.15. The Labute approximate surface area is 177 Å². The molecule has 0 atom stereocenters. The third-order valence-corrected chi connectivity index (χ3v) is 9.33. The van der Waals surface area contributed by atoms with E-state index >= 15 is 0 Å². The van der Waals surface area contributed by atoms with Gasteiger partial charge in [-0.05, 0) is 86.3 Å². The molecule has 160 valence electrons. The van der Waals surface area contributed by atoms with Crippen LogP contribution in [-0.2, 0) is 14.9 Å². The van der Waals surface area contributed by atoms with Crippen LogP contribution in [0.5, 0.6) is 0 Å². The molecule has 1 N–H and O–H groups in total. The van der Waals surface area contributed by atoms with E-state index in [9.17, 15) is 13.2 Å². The third-order valence-electron chi connectivity index (χ3n) is 7.17. The summed E-state index contributed by atoms with van der Waals surface area (Å²) >= 11 is 6.07. The SMILES string of the molecule is CON(C)S(=O)(=O)c1cc(C(=O)NCCC23CC4CC(CC(C4)C2)C3)ccc1Cl. The van der Waals surface area contributed by atoms with Crippen LogP contribution >= 0.6 is 11.6 Å². The van der Waals surface area contributed by atoms with E-state index in [4.69, 9.17) is 16.4 Å². The number of hydrogen-bond acceptors (Lipinski definition) is 4. The Morgan fingerprint density at radius 1 is 1.21 bits per heavy atom. The van der Waals surface area contributed by atoms with Crippen molar-refractivity contribution >= 4 is 27.5 Å². The number of amides is 1. The molecule has 0 saturated heterocycles. The van der Waals surface area contributed by atoms with Gasteiger partial charge < -0.3 is 5.32 Å². The number of nitrogens with zero attached hydrogens (tertiary/aromatic N) is 1. The lowest BCUT2D eigenvalue weighted by Gasteiger charge is -2.57. The quantitative estimate of drug-likeness (QED) is 0.653. The van der Waals surface area contributed by atoms with Crippen molar-refractivity contribution in [3.05, 3.63) is 28.8 Å². The maximum Gasteiger partial charge on any atom is 0.266 e. The van der Waals surface area contributed by atoms with E-state index in [2.05, 4.69) is 5.32 Å². The first-order chi connectivity index (χ1) is 13.7. The van der Waals surface area contributed by atoms with Crippen LogP contribution in [0.15, 0.2) is 23.1 Å². The Morgan fingerprint density at radius 2 is 1.79 bits per heavy atom. The lowest BCUT2D eigenvalue weighted by molar-refractivity contribution is -0.0564. The van der Waals surface area contributed by atoms with Crippen molar-refractivity contribution in [1.82, 2.24) is 9.79 Å². The molecule has 0 aliphatic heterocycles. The van der Waals surface area contributed by atoms with Crippen molar-refractivity contribution in [2.75, 3.05) is 20.7 Å². The van der Waals surface area contributed by atoms with Crippen LogP contribution in [0.3, 0.4) is 0 Å². The summed E-state index contributed by atoms with van der Waals surface area (Å²) in [4.78, 5) is 17.3. The summed E-state index contributed by atoms with van der Waals surface area (Å²) in [6.07, 6.45) is 9.15. The number of carbonyl (C=O) groups excluding carboxylic acids is 1. The molecule has 0 heterocycles. The monoisotopic (exact) mass is 440 g/mol. The molecule has 0 radical (unpaired) electrons. The standard InChI is InChI=1S/C21H29ClN2O4S/c1-24(28-2)29(26,27)19-10-17(3-4-18(19)22)20(25)23-6-5-21-11-14-7-15(12-21)9-16(8-14)13-21/h3-4,10,14-16H,5-9,11-13H2,1-2H3,(H,23,25). The van der Waals surface area contributed by atoms with Gasteiger partial charge in [-0.2, -0.15) is 0 Å². The number of hydrogen-bond donors (Lipinski definition) is 1. The van der Waals surface area contributed by atoms with Crippen molar-refractivity contribution in [2.24, 2.45) is 23.2 Å². The minimum Gasteiger partial charge on any atom is -0.352 e. The van der Waals surface area contributed by atoms with Gasteiger partial charge >= 0.3 is 0 Å².